The Bertz CT molecular complexity index is 772. The van der Waals surface area contributed by atoms with E-state index in [0.29, 0.717) is 12.4 Å². The summed E-state index contributed by atoms with van der Waals surface area (Å²) in [4.78, 5) is 4.58. The zero-order valence-electron chi connectivity index (χ0n) is 15.7. The molecule has 0 saturated heterocycles. The minimum absolute atomic E-state index is 0.217. The molecule has 26 heavy (non-hydrogen) atoms. The van der Waals surface area contributed by atoms with Crippen LogP contribution in [0.15, 0.2) is 60.0 Å². The van der Waals surface area contributed by atoms with Gasteiger partial charge in [0.15, 0.2) is 5.84 Å². The van der Waals surface area contributed by atoms with Crippen molar-refractivity contribution >= 4 is 5.84 Å². The lowest BCUT2D eigenvalue weighted by atomic mass is 9.91. The van der Waals surface area contributed by atoms with Crippen LogP contribution < -0.4 is 22.4 Å². The molecule has 2 rings (SSSR count). The second-order valence-electron chi connectivity index (χ2n) is 7.41. The number of allylic oxidation sites excluding steroid dienone is 1. The van der Waals surface area contributed by atoms with Crippen molar-refractivity contribution < 1.29 is 0 Å². The van der Waals surface area contributed by atoms with Crippen LogP contribution in [0.25, 0.3) is 11.3 Å². The van der Waals surface area contributed by atoms with Gasteiger partial charge in [-0.1, -0.05) is 57.7 Å². The van der Waals surface area contributed by atoms with E-state index in [1.54, 1.807) is 0 Å². The number of rotatable bonds is 6. The van der Waals surface area contributed by atoms with Crippen LogP contribution in [0, 0.1) is 5.41 Å². The van der Waals surface area contributed by atoms with E-state index < -0.39 is 0 Å². The summed E-state index contributed by atoms with van der Waals surface area (Å²) in [6.45, 7) is 11.4. The van der Waals surface area contributed by atoms with Gasteiger partial charge in [-0.3, -0.25) is 4.98 Å². The van der Waals surface area contributed by atoms with Gasteiger partial charge in [0.25, 0.3) is 0 Å². The SMILES string of the molecule is C=C(CC(C)(C)C)NCc1ccc(-c2ccccc2C(=NN)NN)nc1. The number of pyridine rings is 1. The van der Waals surface area contributed by atoms with Gasteiger partial charge < -0.3 is 16.6 Å². The first-order chi connectivity index (χ1) is 12.3. The van der Waals surface area contributed by atoms with Gasteiger partial charge in [-0.2, -0.15) is 5.10 Å². The average Bonchev–Trinajstić information content (AvgIpc) is 2.61. The molecule has 6 N–H and O–H groups in total. The molecule has 0 fully saturated rings. The molecular weight excluding hydrogens is 324 g/mol. The van der Waals surface area contributed by atoms with Crippen LogP contribution in [0.4, 0.5) is 0 Å². The van der Waals surface area contributed by atoms with Crippen molar-refractivity contribution in [2.24, 2.45) is 22.2 Å². The number of benzene rings is 1. The standard InChI is InChI=1S/C20H28N6/c1-14(11-20(2,3)4)23-12-15-9-10-18(24-13-15)16-7-5-6-8-17(16)19(25-21)26-22/h5-10,13,23H,1,11-12,21-22H2,2-4H3,(H,25,26). The number of hydrazine groups is 1. The molecule has 0 spiro atoms. The summed E-state index contributed by atoms with van der Waals surface area (Å²) >= 11 is 0. The molecule has 1 aromatic carbocycles. The first-order valence-electron chi connectivity index (χ1n) is 8.55. The summed E-state index contributed by atoms with van der Waals surface area (Å²) in [5.41, 5.74) is 7.39. The Morgan fingerprint density at radius 1 is 1.19 bits per heavy atom. The normalized spacial score (nSPS) is 11.9. The highest BCUT2D eigenvalue weighted by atomic mass is 15.3. The van der Waals surface area contributed by atoms with Crippen LogP contribution in [0.1, 0.15) is 38.3 Å². The maximum Gasteiger partial charge on any atom is 0.167 e. The topological polar surface area (TPSA) is 101 Å². The second-order valence-corrected chi connectivity index (χ2v) is 7.41. The Kier molecular flexibility index (Phi) is 6.36. The van der Waals surface area contributed by atoms with Crippen molar-refractivity contribution in [3.05, 3.63) is 66.0 Å². The van der Waals surface area contributed by atoms with Gasteiger partial charge in [0.1, 0.15) is 0 Å². The van der Waals surface area contributed by atoms with Gasteiger partial charge in [-0.25, -0.2) is 5.84 Å². The summed E-state index contributed by atoms with van der Waals surface area (Å²) in [5, 5.41) is 7.06. The van der Waals surface area contributed by atoms with Gasteiger partial charge >= 0.3 is 0 Å². The van der Waals surface area contributed by atoms with Crippen molar-refractivity contribution in [2.45, 2.75) is 33.7 Å². The molecule has 1 aromatic heterocycles. The van der Waals surface area contributed by atoms with Crippen molar-refractivity contribution in [1.29, 1.82) is 0 Å². The third-order valence-electron chi connectivity index (χ3n) is 3.83. The highest BCUT2D eigenvalue weighted by molar-refractivity contribution is 6.03. The van der Waals surface area contributed by atoms with Crippen LogP contribution in [-0.2, 0) is 6.54 Å². The van der Waals surface area contributed by atoms with Crippen molar-refractivity contribution in [3.8, 4) is 11.3 Å². The number of aromatic nitrogens is 1. The molecule has 0 unspecified atom stereocenters. The van der Waals surface area contributed by atoms with E-state index in [0.717, 1.165) is 34.5 Å². The summed E-state index contributed by atoms with van der Waals surface area (Å²) < 4.78 is 0. The molecule has 0 aliphatic carbocycles. The molecule has 0 bridgehead atoms. The van der Waals surface area contributed by atoms with Crippen LogP contribution in [0.2, 0.25) is 0 Å². The number of amidine groups is 1. The number of hydrazone groups is 1. The molecular formula is C20H28N6. The first-order valence-corrected chi connectivity index (χ1v) is 8.55. The Morgan fingerprint density at radius 3 is 2.50 bits per heavy atom. The number of hydrogen-bond acceptors (Lipinski definition) is 5. The van der Waals surface area contributed by atoms with E-state index >= 15 is 0 Å². The predicted octanol–water partition coefficient (Wildman–Crippen LogP) is 2.87. The highest BCUT2D eigenvalue weighted by Crippen LogP contribution is 2.23. The molecule has 0 saturated carbocycles. The molecule has 6 nitrogen and oxygen atoms in total. The third-order valence-corrected chi connectivity index (χ3v) is 3.83. The quantitative estimate of drug-likeness (QED) is 0.277. The summed E-state index contributed by atoms with van der Waals surface area (Å²) in [5.74, 6) is 11.3. The smallest absolute Gasteiger partial charge is 0.167 e. The fourth-order valence-electron chi connectivity index (χ4n) is 2.72. The third kappa shape index (κ3) is 5.32. The molecule has 0 radical (unpaired) electrons. The van der Waals surface area contributed by atoms with Crippen LogP contribution >= 0.6 is 0 Å². The fraction of sp³-hybridized carbons (Fsp3) is 0.300. The lowest BCUT2D eigenvalue weighted by Crippen LogP contribution is -2.32. The molecule has 0 amide bonds. The largest absolute Gasteiger partial charge is 0.385 e. The number of hydrogen-bond donors (Lipinski definition) is 4. The van der Waals surface area contributed by atoms with Crippen LogP contribution in [0.3, 0.4) is 0 Å². The average molecular weight is 352 g/mol. The zero-order valence-corrected chi connectivity index (χ0v) is 15.7. The van der Waals surface area contributed by atoms with Crippen LogP contribution in [0.5, 0.6) is 0 Å². The van der Waals surface area contributed by atoms with E-state index in [1.165, 1.54) is 0 Å². The van der Waals surface area contributed by atoms with Crippen molar-refractivity contribution in [1.82, 2.24) is 15.7 Å². The number of nitrogens with two attached hydrogens (primary N) is 2. The summed E-state index contributed by atoms with van der Waals surface area (Å²) in [7, 11) is 0. The van der Waals surface area contributed by atoms with Crippen LogP contribution in [-0.4, -0.2) is 10.8 Å². The molecule has 2 aromatic rings. The van der Waals surface area contributed by atoms with Gasteiger partial charge in [-0.05, 0) is 23.5 Å². The lowest BCUT2D eigenvalue weighted by molar-refractivity contribution is 0.398. The summed E-state index contributed by atoms with van der Waals surface area (Å²) in [6.07, 6.45) is 2.79. The maximum atomic E-state index is 5.50. The molecule has 6 heteroatoms. The predicted molar refractivity (Wildman–Crippen MR) is 108 cm³/mol. The van der Waals surface area contributed by atoms with Gasteiger partial charge in [0.05, 0.1) is 5.69 Å². The molecule has 1 heterocycles. The molecule has 138 valence electrons. The van der Waals surface area contributed by atoms with Crippen molar-refractivity contribution in [3.63, 3.8) is 0 Å². The molecule has 0 aliphatic heterocycles. The number of nitrogens with zero attached hydrogens (tertiary/aromatic N) is 2. The maximum absolute atomic E-state index is 5.50. The Hall–Kier alpha value is -2.86. The first kappa shape index (κ1) is 19.5. The minimum atomic E-state index is 0.217. The second kappa shape index (κ2) is 8.49. The fourth-order valence-corrected chi connectivity index (χ4v) is 2.72. The van der Waals surface area contributed by atoms with Gasteiger partial charge in [0, 0.05) is 29.6 Å². The molecule has 0 aliphatic rings. The van der Waals surface area contributed by atoms with Gasteiger partial charge in [0.2, 0.25) is 0 Å². The monoisotopic (exact) mass is 352 g/mol. The Balaban J connectivity index is 2.12. The molecule has 0 atom stereocenters. The van der Waals surface area contributed by atoms with Crippen molar-refractivity contribution in [2.75, 3.05) is 0 Å². The van der Waals surface area contributed by atoms with E-state index in [1.807, 2.05) is 42.6 Å². The Labute approximate surface area is 155 Å². The minimum Gasteiger partial charge on any atom is -0.385 e. The summed E-state index contributed by atoms with van der Waals surface area (Å²) in [6, 6.07) is 11.7. The Morgan fingerprint density at radius 2 is 1.92 bits per heavy atom. The van der Waals surface area contributed by atoms with E-state index in [2.05, 4.69) is 48.2 Å². The zero-order chi connectivity index (χ0) is 19.2. The lowest BCUT2D eigenvalue weighted by Gasteiger charge is -2.20. The number of nitrogens with one attached hydrogen (secondary N) is 2. The highest BCUT2D eigenvalue weighted by Gasteiger charge is 2.12. The van der Waals surface area contributed by atoms with E-state index in [-0.39, 0.29) is 5.41 Å². The van der Waals surface area contributed by atoms with E-state index in [4.69, 9.17) is 11.7 Å². The van der Waals surface area contributed by atoms with Gasteiger partial charge in [-0.15, -0.1) is 0 Å². The van der Waals surface area contributed by atoms with E-state index in [9.17, 15) is 0 Å².